The monoisotopic (exact) mass is 352 g/mol. The van der Waals surface area contributed by atoms with Gasteiger partial charge in [-0.15, -0.1) is 0 Å². The van der Waals surface area contributed by atoms with E-state index in [0.717, 1.165) is 22.5 Å². The summed E-state index contributed by atoms with van der Waals surface area (Å²) in [5.41, 5.74) is 7.06. The SMILES string of the molecule is NC(=O)[C@H](Cc1c[nH]c2ccccc12)NC(=O)c1cccc([N+](=O)[O-])c1. The Morgan fingerprint density at radius 3 is 2.69 bits per heavy atom. The molecule has 132 valence electrons. The molecule has 3 rings (SSSR count). The molecule has 8 heteroatoms. The number of hydrogen-bond acceptors (Lipinski definition) is 4. The van der Waals surface area contributed by atoms with Gasteiger partial charge < -0.3 is 16.0 Å². The molecule has 0 spiro atoms. The number of amides is 2. The lowest BCUT2D eigenvalue weighted by Crippen LogP contribution is -2.45. The van der Waals surface area contributed by atoms with Crippen molar-refractivity contribution in [2.45, 2.75) is 12.5 Å². The van der Waals surface area contributed by atoms with E-state index in [2.05, 4.69) is 10.3 Å². The number of non-ortho nitro benzene ring substituents is 1. The minimum Gasteiger partial charge on any atom is -0.368 e. The lowest BCUT2D eigenvalue weighted by Gasteiger charge is -2.15. The van der Waals surface area contributed by atoms with E-state index in [1.807, 2.05) is 24.3 Å². The Morgan fingerprint density at radius 2 is 1.96 bits per heavy atom. The van der Waals surface area contributed by atoms with Gasteiger partial charge in [-0.05, 0) is 17.7 Å². The third-order valence-electron chi connectivity index (χ3n) is 4.07. The van der Waals surface area contributed by atoms with Crippen LogP contribution in [0.2, 0.25) is 0 Å². The Bertz CT molecular complexity index is 996. The first-order valence-corrected chi connectivity index (χ1v) is 7.85. The van der Waals surface area contributed by atoms with Crippen molar-refractivity contribution in [3.63, 3.8) is 0 Å². The van der Waals surface area contributed by atoms with Crippen LogP contribution in [0, 0.1) is 10.1 Å². The van der Waals surface area contributed by atoms with Crippen molar-refractivity contribution in [1.29, 1.82) is 0 Å². The van der Waals surface area contributed by atoms with Gasteiger partial charge in [0.25, 0.3) is 11.6 Å². The average Bonchev–Trinajstić information content (AvgIpc) is 3.04. The van der Waals surface area contributed by atoms with E-state index < -0.39 is 22.8 Å². The number of nitrogens with one attached hydrogen (secondary N) is 2. The van der Waals surface area contributed by atoms with Crippen LogP contribution in [0.5, 0.6) is 0 Å². The Balaban J connectivity index is 1.80. The maximum Gasteiger partial charge on any atom is 0.270 e. The summed E-state index contributed by atoms with van der Waals surface area (Å²) < 4.78 is 0. The molecular formula is C18H16N4O4. The zero-order chi connectivity index (χ0) is 18.7. The van der Waals surface area contributed by atoms with E-state index in [-0.39, 0.29) is 17.7 Å². The molecule has 0 bridgehead atoms. The van der Waals surface area contributed by atoms with E-state index in [4.69, 9.17) is 5.73 Å². The number of nitro benzene ring substituents is 1. The summed E-state index contributed by atoms with van der Waals surface area (Å²) in [4.78, 5) is 37.5. The number of carbonyl (C=O) groups excluding carboxylic acids is 2. The van der Waals surface area contributed by atoms with Gasteiger partial charge in [0.1, 0.15) is 6.04 Å². The van der Waals surface area contributed by atoms with Crippen LogP contribution in [0.1, 0.15) is 15.9 Å². The summed E-state index contributed by atoms with van der Waals surface area (Å²) in [7, 11) is 0. The van der Waals surface area contributed by atoms with Crippen molar-refractivity contribution in [2.75, 3.05) is 0 Å². The lowest BCUT2D eigenvalue weighted by molar-refractivity contribution is -0.384. The van der Waals surface area contributed by atoms with Gasteiger partial charge in [0, 0.05) is 41.2 Å². The van der Waals surface area contributed by atoms with Crippen molar-refractivity contribution in [3.8, 4) is 0 Å². The van der Waals surface area contributed by atoms with Gasteiger partial charge in [-0.2, -0.15) is 0 Å². The highest BCUT2D eigenvalue weighted by Crippen LogP contribution is 2.19. The first-order chi connectivity index (χ1) is 12.5. The molecule has 4 N–H and O–H groups in total. The molecule has 0 saturated carbocycles. The molecule has 0 saturated heterocycles. The number of aromatic amines is 1. The van der Waals surface area contributed by atoms with Crippen molar-refractivity contribution in [3.05, 3.63) is 76.0 Å². The lowest BCUT2D eigenvalue weighted by atomic mass is 10.0. The standard InChI is InChI=1S/C18H16N4O4/c19-17(23)16(9-12-10-20-15-7-2-1-6-14(12)15)21-18(24)11-4-3-5-13(8-11)22(25)26/h1-8,10,16,20H,9H2,(H2,19,23)(H,21,24)/t16-/m0/s1. The van der Waals surface area contributed by atoms with Crippen LogP contribution in [-0.2, 0) is 11.2 Å². The molecule has 8 nitrogen and oxygen atoms in total. The highest BCUT2D eigenvalue weighted by molar-refractivity contribution is 5.98. The normalized spacial score (nSPS) is 11.8. The van der Waals surface area contributed by atoms with Gasteiger partial charge in [0.05, 0.1) is 4.92 Å². The summed E-state index contributed by atoms with van der Waals surface area (Å²) in [6.07, 6.45) is 1.97. The molecule has 2 amide bonds. The van der Waals surface area contributed by atoms with Crippen LogP contribution in [0.25, 0.3) is 10.9 Å². The maximum atomic E-state index is 12.4. The molecule has 0 aliphatic rings. The molecule has 0 unspecified atom stereocenters. The van der Waals surface area contributed by atoms with Gasteiger partial charge in [0.2, 0.25) is 5.91 Å². The van der Waals surface area contributed by atoms with Gasteiger partial charge in [-0.1, -0.05) is 24.3 Å². The highest BCUT2D eigenvalue weighted by atomic mass is 16.6. The molecule has 1 aromatic heterocycles. The molecule has 0 aliphatic carbocycles. The van der Waals surface area contributed by atoms with Gasteiger partial charge in [-0.25, -0.2) is 0 Å². The third-order valence-corrected chi connectivity index (χ3v) is 4.07. The van der Waals surface area contributed by atoms with Crippen LogP contribution in [-0.4, -0.2) is 27.8 Å². The predicted molar refractivity (Wildman–Crippen MR) is 95.5 cm³/mol. The van der Waals surface area contributed by atoms with Crippen LogP contribution in [0.3, 0.4) is 0 Å². The molecule has 1 atom stereocenters. The summed E-state index contributed by atoms with van der Waals surface area (Å²) in [6.45, 7) is 0. The topological polar surface area (TPSA) is 131 Å². The molecule has 3 aromatic rings. The number of para-hydroxylation sites is 1. The average molecular weight is 352 g/mol. The zero-order valence-corrected chi connectivity index (χ0v) is 13.6. The molecule has 26 heavy (non-hydrogen) atoms. The number of nitrogens with zero attached hydrogens (tertiary/aromatic N) is 1. The van der Waals surface area contributed by atoms with E-state index in [1.165, 1.54) is 18.2 Å². The van der Waals surface area contributed by atoms with Crippen molar-refractivity contribution >= 4 is 28.4 Å². The first kappa shape index (κ1) is 17.2. The molecule has 2 aromatic carbocycles. The Labute approximate surface area is 148 Å². The minimum absolute atomic E-state index is 0.0874. The predicted octanol–water partition coefficient (Wildman–Crippen LogP) is 1.90. The van der Waals surface area contributed by atoms with Crippen LogP contribution >= 0.6 is 0 Å². The van der Waals surface area contributed by atoms with E-state index in [0.29, 0.717) is 0 Å². The smallest absolute Gasteiger partial charge is 0.270 e. The zero-order valence-electron chi connectivity index (χ0n) is 13.6. The number of aromatic nitrogens is 1. The second kappa shape index (κ2) is 7.06. The number of rotatable bonds is 6. The summed E-state index contributed by atoms with van der Waals surface area (Å²) >= 11 is 0. The van der Waals surface area contributed by atoms with Crippen LogP contribution in [0.15, 0.2) is 54.7 Å². The number of hydrogen-bond donors (Lipinski definition) is 3. The van der Waals surface area contributed by atoms with Gasteiger partial charge in [-0.3, -0.25) is 19.7 Å². The van der Waals surface area contributed by atoms with Crippen LogP contribution < -0.4 is 11.1 Å². The van der Waals surface area contributed by atoms with Gasteiger partial charge >= 0.3 is 0 Å². The molecule has 0 fully saturated rings. The van der Waals surface area contributed by atoms with E-state index in [1.54, 1.807) is 6.20 Å². The summed E-state index contributed by atoms with van der Waals surface area (Å²) in [5, 5.41) is 14.3. The highest BCUT2D eigenvalue weighted by Gasteiger charge is 2.21. The molecule has 0 radical (unpaired) electrons. The second-order valence-electron chi connectivity index (χ2n) is 5.80. The second-order valence-corrected chi connectivity index (χ2v) is 5.80. The van der Waals surface area contributed by atoms with Crippen molar-refractivity contribution in [2.24, 2.45) is 5.73 Å². The Morgan fingerprint density at radius 1 is 1.19 bits per heavy atom. The Hall–Kier alpha value is -3.68. The van der Waals surface area contributed by atoms with E-state index >= 15 is 0 Å². The first-order valence-electron chi connectivity index (χ1n) is 7.85. The number of carbonyl (C=O) groups is 2. The van der Waals surface area contributed by atoms with Gasteiger partial charge in [0.15, 0.2) is 0 Å². The molecular weight excluding hydrogens is 336 g/mol. The third kappa shape index (κ3) is 3.54. The number of H-pyrrole nitrogens is 1. The number of fused-ring (bicyclic) bond motifs is 1. The van der Waals surface area contributed by atoms with Crippen molar-refractivity contribution < 1.29 is 14.5 Å². The van der Waals surface area contributed by atoms with Crippen LogP contribution in [0.4, 0.5) is 5.69 Å². The number of nitrogens with two attached hydrogens (primary N) is 1. The quantitative estimate of drug-likeness (QED) is 0.462. The Kier molecular flexibility index (Phi) is 4.66. The fourth-order valence-corrected chi connectivity index (χ4v) is 2.75. The summed E-state index contributed by atoms with van der Waals surface area (Å²) in [5.74, 6) is -1.29. The fourth-order valence-electron chi connectivity index (χ4n) is 2.75. The number of benzene rings is 2. The number of primary amides is 1. The fraction of sp³-hybridized carbons (Fsp3) is 0.111. The molecule has 0 aliphatic heterocycles. The largest absolute Gasteiger partial charge is 0.368 e. The molecule has 1 heterocycles. The van der Waals surface area contributed by atoms with Crippen molar-refractivity contribution in [1.82, 2.24) is 10.3 Å². The minimum atomic E-state index is -0.944. The van der Waals surface area contributed by atoms with E-state index in [9.17, 15) is 19.7 Å². The maximum absolute atomic E-state index is 12.4. The summed E-state index contributed by atoms with van der Waals surface area (Å²) in [6, 6.07) is 11.9. The number of nitro groups is 1.